The number of hydrogen-bond acceptors (Lipinski definition) is 5. The van der Waals surface area contributed by atoms with Gasteiger partial charge in [0.05, 0.1) is 17.3 Å². The summed E-state index contributed by atoms with van der Waals surface area (Å²) in [6.07, 6.45) is 0. The lowest BCUT2D eigenvalue weighted by molar-refractivity contribution is 0.00322. The van der Waals surface area contributed by atoms with Crippen LogP contribution in [0.15, 0.2) is 0 Å². The third-order valence-corrected chi connectivity index (χ3v) is 3.15. The molecule has 0 aliphatic heterocycles. The average Bonchev–Trinajstić information content (AvgIpc) is 2.54. The van der Waals surface area contributed by atoms with Gasteiger partial charge in [0.25, 0.3) is 5.91 Å². The monoisotopic (exact) mass is 244 g/mol. The number of rotatable bonds is 4. The second-order valence-electron chi connectivity index (χ2n) is 3.99. The Morgan fingerprint density at radius 3 is 2.62 bits per heavy atom. The zero-order valence-corrected chi connectivity index (χ0v) is 10.4. The quantitative estimate of drug-likeness (QED) is 0.708. The maximum Gasteiger partial charge on any atom is 0.263 e. The molecular formula is C10H16N2O3S. The number of amides is 1. The minimum atomic E-state index is -1.29. The highest BCUT2D eigenvalue weighted by molar-refractivity contribution is 7.13. The van der Waals surface area contributed by atoms with E-state index in [1.165, 1.54) is 18.3 Å². The first-order chi connectivity index (χ1) is 7.35. The summed E-state index contributed by atoms with van der Waals surface area (Å²) in [6, 6.07) is 0. The van der Waals surface area contributed by atoms with Gasteiger partial charge in [-0.1, -0.05) is 0 Å². The van der Waals surface area contributed by atoms with E-state index >= 15 is 0 Å². The van der Waals surface area contributed by atoms with Gasteiger partial charge in [-0.2, -0.15) is 0 Å². The van der Waals surface area contributed by atoms with Crippen LogP contribution in [0.5, 0.6) is 0 Å². The Morgan fingerprint density at radius 2 is 2.19 bits per heavy atom. The van der Waals surface area contributed by atoms with Crippen LogP contribution in [-0.2, 0) is 0 Å². The lowest BCUT2D eigenvalue weighted by Gasteiger charge is -2.20. The first kappa shape index (κ1) is 13.1. The van der Waals surface area contributed by atoms with Crippen molar-refractivity contribution in [2.45, 2.75) is 26.4 Å². The van der Waals surface area contributed by atoms with Gasteiger partial charge in [-0.05, 0) is 20.8 Å². The van der Waals surface area contributed by atoms with Gasteiger partial charge in [-0.15, -0.1) is 11.3 Å². The SMILES string of the molecule is Cc1nc(C)c(C(=O)NCC(C)(O)CO)s1. The maximum atomic E-state index is 11.7. The van der Waals surface area contributed by atoms with Crippen LogP contribution in [0.2, 0.25) is 0 Å². The third kappa shape index (κ3) is 3.26. The fraction of sp³-hybridized carbons (Fsp3) is 0.600. The molecule has 6 heteroatoms. The summed E-state index contributed by atoms with van der Waals surface area (Å²) in [6.45, 7) is 4.67. The van der Waals surface area contributed by atoms with Crippen molar-refractivity contribution in [3.05, 3.63) is 15.6 Å². The lowest BCUT2D eigenvalue weighted by atomic mass is 10.1. The van der Waals surface area contributed by atoms with Crippen LogP contribution in [0.3, 0.4) is 0 Å². The van der Waals surface area contributed by atoms with Gasteiger partial charge in [-0.3, -0.25) is 4.79 Å². The second kappa shape index (κ2) is 4.90. The Bertz CT molecular complexity index is 387. The molecule has 1 aromatic rings. The number of carbonyl (C=O) groups is 1. The molecule has 0 spiro atoms. The molecule has 0 aromatic carbocycles. The lowest BCUT2D eigenvalue weighted by Crippen LogP contribution is -2.43. The van der Waals surface area contributed by atoms with Gasteiger partial charge >= 0.3 is 0 Å². The summed E-state index contributed by atoms with van der Waals surface area (Å²) < 4.78 is 0. The van der Waals surface area contributed by atoms with Crippen LogP contribution in [0.1, 0.15) is 27.3 Å². The topological polar surface area (TPSA) is 82.5 Å². The van der Waals surface area contributed by atoms with Crippen LogP contribution >= 0.6 is 11.3 Å². The maximum absolute atomic E-state index is 11.7. The highest BCUT2D eigenvalue weighted by Crippen LogP contribution is 2.16. The Kier molecular flexibility index (Phi) is 4.01. The first-order valence-corrected chi connectivity index (χ1v) is 5.73. The molecule has 1 unspecified atom stereocenters. The van der Waals surface area contributed by atoms with E-state index < -0.39 is 12.2 Å². The number of carbonyl (C=O) groups excluding carboxylic acids is 1. The van der Waals surface area contributed by atoms with Gasteiger partial charge in [0, 0.05) is 6.54 Å². The summed E-state index contributed by atoms with van der Waals surface area (Å²) in [5.74, 6) is -0.267. The third-order valence-electron chi connectivity index (χ3n) is 2.08. The van der Waals surface area contributed by atoms with Crippen LogP contribution in [-0.4, -0.2) is 39.9 Å². The minimum Gasteiger partial charge on any atom is -0.393 e. The predicted molar refractivity (Wildman–Crippen MR) is 61.6 cm³/mol. The van der Waals surface area contributed by atoms with Gasteiger partial charge in [0.1, 0.15) is 10.5 Å². The molecule has 3 N–H and O–H groups in total. The zero-order chi connectivity index (χ0) is 12.3. The molecule has 1 rings (SSSR count). The second-order valence-corrected chi connectivity index (χ2v) is 5.19. The number of nitrogens with zero attached hydrogens (tertiary/aromatic N) is 1. The molecule has 1 atom stereocenters. The molecular weight excluding hydrogens is 228 g/mol. The Morgan fingerprint density at radius 1 is 1.56 bits per heavy atom. The van der Waals surface area contributed by atoms with Crippen molar-refractivity contribution in [1.82, 2.24) is 10.3 Å². The summed E-state index contributed by atoms with van der Waals surface area (Å²) >= 11 is 1.31. The van der Waals surface area contributed by atoms with Crippen LogP contribution < -0.4 is 5.32 Å². The van der Waals surface area contributed by atoms with Gasteiger partial charge in [0.2, 0.25) is 0 Å². The van der Waals surface area contributed by atoms with Gasteiger partial charge in [0.15, 0.2) is 0 Å². The molecule has 5 nitrogen and oxygen atoms in total. The summed E-state index contributed by atoms with van der Waals surface area (Å²) in [5, 5.41) is 21.7. The number of aliphatic hydroxyl groups excluding tert-OH is 1. The molecule has 0 saturated carbocycles. The van der Waals surface area contributed by atoms with Crippen LogP contribution in [0.4, 0.5) is 0 Å². The molecule has 0 aliphatic rings. The fourth-order valence-corrected chi connectivity index (χ4v) is 1.99. The molecule has 0 saturated heterocycles. The zero-order valence-electron chi connectivity index (χ0n) is 9.57. The molecule has 0 aliphatic carbocycles. The Balaban J connectivity index is 2.63. The number of thiazole rings is 1. The molecule has 1 amide bonds. The van der Waals surface area contributed by atoms with Crippen molar-refractivity contribution in [3.63, 3.8) is 0 Å². The highest BCUT2D eigenvalue weighted by atomic mass is 32.1. The summed E-state index contributed by atoms with van der Waals surface area (Å²) in [7, 11) is 0. The fourth-order valence-electron chi connectivity index (χ4n) is 1.15. The van der Waals surface area contributed by atoms with Crippen LogP contribution in [0, 0.1) is 13.8 Å². The minimum absolute atomic E-state index is 0.0126. The van der Waals surface area contributed by atoms with Crippen molar-refractivity contribution in [1.29, 1.82) is 0 Å². The van der Waals surface area contributed by atoms with E-state index in [4.69, 9.17) is 5.11 Å². The number of hydrogen-bond donors (Lipinski definition) is 3. The molecule has 1 heterocycles. The van der Waals surface area contributed by atoms with Gasteiger partial charge in [-0.25, -0.2) is 4.98 Å². The number of nitrogens with one attached hydrogen (secondary N) is 1. The molecule has 90 valence electrons. The van der Waals surface area contributed by atoms with Crippen molar-refractivity contribution in [2.24, 2.45) is 0 Å². The molecule has 1 aromatic heterocycles. The van der Waals surface area contributed by atoms with E-state index in [0.717, 1.165) is 5.01 Å². The predicted octanol–water partition coefficient (Wildman–Crippen LogP) is 0.233. The van der Waals surface area contributed by atoms with Crippen molar-refractivity contribution in [2.75, 3.05) is 13.2 Å². The number of aliphatic hydroxyl groups is 2. The van der Waals surface area contributed by atoms with Crippen molar-refractivity contribution < 1.29 is 15.0 Å². The van der Waals surface area contributed by atoms with E-state index in [-0.39, 0.29) is 12.5 Å². The highest BCUT2D eigenvalue weighted by Gasteiger charge is 2.21. The Labute approximate surface area is 98.1 Å². The largest absolute Gasteiger partial charge is 0.393 e. The number of aryl methyl sites for hydroxylation is 2. The standard InChI is InChI=1S/C10H16N2O3S/c1-6-8(16-7(2)12-6)9(14)11-4-10(3,15)5-13/h13,15H,4-5H2,1-3H3,(H,11,14). The average molecular weight is 244 g/mol. The number of aromatic nitrogens is 1. The first-order valence-electron chi connectivity index (χ1n) is 4.91. The summed E-state index contributed by atoms with van der Waals surface area (Å²) in [5.41, 5.74) is -0.604. The van der Waals surface area contributed by atoms with E-state index in [1.54, 1.807) is 6.92 Å². The molecule has 16 heavy (non-hydrogen) atoms. The normalized spacial score (nSPS) is 14.6. The van der Waals surface area contributed by atoms with Crippen molar-refractivity contribution >= 4 is 17.2 Å². The smallest absolute Gasteiger partial charge is 0.263 e. The van der Waals surface area contributed by atoms with E-state index in [2.05, 4.69) is 10.3 Å². The summed E-state index contributed by atoms with van der Waals surface area (Å²) in [4.78, 5) is 16.4. The van der Waals surface area contributed by atoms with Crippen molar-refractivity contribution in [3.8, 4) is 0 Å². The van der Waals surface area contributed by atoms with Crippen LogP contribution in [0.25, 0.3) is 0 Å². The molecule has 0 fully saturated rings. The molecule has 0 radical (unpaired) electrons. The van der Waals surface area contributed by atoms with E-state index in [9.17, 15) is 9.90 Å². The molecule has 0 bridgehead atoms. The van der Waals surface area contributed by atoms with E-state index in [0.29, 0.717) is 10.6 Å². The van der Waals surface area contributed by atoms with Gasteiger partial charge < -0.3 is 15.5 Å². The Hall–Kier alpha value is -0.980. The van der Waals surface area contributed by atoms with E-state index in [1.807, 2.05) is 6.92 Å².